The third-order valence-electron chi connectivity index (χ3n) is 4.01. The molecule has 1 fully saturated rings. The molecule has 2 rings (SSSR count). The Bertz CT molecular complexity index is 691. The van der Waals surface area contributed by atoms with E-state index in [1.165, 1.54) is 4.90 Å². The van der Waals surface area contributed by atoms with Gasteiger partial charge in [-0.2, -0.15) is 5.10 Å². The number of hydrogen-bond donors (Lipinski definition) is 2. The van der Waals surface area contributed by atoms with Gasteiger partial charge in [0.15, 0.2) is 23.2 Å². The molecular formula is C19H28N4O4S. The molecule has 0 spiro atoms. The molecule has 0 aromatic heterocycles. The number of nitrogens with one attached hydrogen (secondary N) is 2. The van der Waals surface area contributed by atoms with E-state index in [2.05, 4.69) is 15.8 Å². The second-order valence-electron chi connectivity index (χ2n) is 6.43. The molecule has 0 saturated carbocycles. The number of hydrazone groups is 1. The molecule has 1 atom stereocenters. The van der Waals surface area contributed by atoms with Crippen molar-refractivity contribution in [1.29, 1.82) is 0 Å². The zero-order valence-corrected chi connectivity index (χ0v) is 17.4. The highest BCUT2D eigenvalue weighted by atomic mass is 32.1. The number of likely N-dealkylation sites (N-methyl/N-ethyl adjacent to an activating group) is 1. The minimum absolute atomic E-state index is 0.0489. The standard InChI is InChI=1S/C19H28N4O4S/c1-4-25-17-10-14(7-8-16(17)27-13-18(24)23(2)3)11-21-22-19(28)20-12-15-6-5-9-26-15/h7-8,10-11,15H,4-6,9,12-13H2,1-3H3,(H2,20,22,28)/b21-11-/t15-/m0/s1. The highest BCUT2D eigenvalue weighted by Crippen LogP contribution is 2.28. The van der Waals surface area contributed by atoms with E-state index in [9.17, 15) is 4.79 Å². The number of rotatable bonds is 9. The van der Waals surface area contributed by atoms with Crippen LogP contribution in [-0.4, -0.2) is 68.7 Å². The van der Waals surface area contributed by atoms with Gasteiger partial charge in [-0.05, 0) is 55.7 Å². The van der Waals surface area contributed by atoms with E-state index in [-0.39, 0.29) is 18.6 Å². The van der Waals surface area contributed by atoms with Crippen LogP contribution in [0.25, 0.3) is 0 Å². The average molecular weight is 409 g/mol. The van der Waals surface area contributed by atoms with Crippen molar-refractivity contribution in [3.05, 3.63) is 23.8 Å². The zero-order valence-electron chi connectivity index (χ0n) is 16.6. The van der Waals surface area contributed by atoms with Crippen molar-refractivity contribution in [2.24, 2.45) is 5.10 Å². The molecule has 0 aliphatic carbocycles. The molecule has 9 heteroatoms. The van der Waals surface area contributed by atoms with Gasteiger partial charge in [0, 0.05) is 27.2 Å². The molecule has 1 saturated heterocycles. The highest BCUT2D eigenvalue weighted by molar-refractivity contribution is 7.80. The topological polar surface area (TPSA) is 84.4 Å². The van der Waals surface area contributed by atoms with Crippen molar-refractivity contribution in [2.75, 3.05) is 40.5 Å². The molecule has 1 aliphatic heterocycles. The second kappa shape index (κ2) is 11.5. The molecular weight excluding hydrogens is 380 g/mol. The summed E-state index contributed by atoms with van der Waals surface area (Å²) in [5.74, 6) is 0.939. The molecule has 1 aliphatic rings. The molecule has 0 bridgehead atoms. The van der Waals surface area contributed by atoms with Gasteiger partial charge >= 0.3 is 0 Å². The fraction of sp³-hybridized carbons (Fsp3) is 0.526. The molecule has 1 aromatic rings. The molecule has 8 nitrogen and oxygen atoms in total. The van der Waals surface area contributed by atoms with Crippen LogP contribution < -0.4 is 20.2 Å². The maximum absolute atomic E-state index is 11.7. The Morgan fingerprint density at radius 1 is 1.39 bits per heavy atom. The molecule has 0 unspecified atom stereocenters. The predicted molar refractivity (Wildman–Crippen MR) is 112 cm³/mol. The van der Waals surface area contributed by atoms with Crippen molar-refractivity contribution in [2.45, 2.75) is 25.9 Å². The van der Waals surface area contributed by atoms with E-state index in [4.69, 9.17) is 26.4 Å². The lowest BCUT2D eigenvalue weighted by Crippen LogP contribution is -2.37. The minimum atomic E-state index is -0.124. The van der Waals surface area contributed by atoms with Gasteiger partial charge in [0.25, 0.3) is 5.91 Å². The van der Waals surface area contributed by atoms with Gasteiger partial charge in [0.1, 0.15) is 0 Å². The van der Waals surface area contributed by atoms with Gasteiger partial charge in [-0.3, -0.25) is 10.2 Å². The fourth-order valence-electron chi connectivity index (χ4n) is 2.48. The van der Waals surface area contributed by atoms with E-state index >= 15 is 0 Å². The van der Waals surface area contributed by atoms with Crippen LogP contribution in [0.5, 0.6) is 11.5 Å². The molecule has 0 radical (unpaired) electrons. The Hall–Kier alpha value is -2.39. The third kappa shape index (κ3) is 7.32. The van der Waals surface area contributed by atoms with Crippen LogP contribution in [0.4, 0.5) is 0 Å². The Morgan fingerprint density at radius 2 is 2.21 bits per heavy atom. The first-order valence-electron chi connectivity index (χ1n) is 9.28. The monoisotopic (exact) mass is 408 g/mol. The number of amides is 1. The number of carbonyl (C=O) groups excluding carboxylic acids is 1. The lowest BCUT2D eigenvalue weighted by atomic mass is 10.2. The number of hydrogen-bond acceptors (Lipinski definition) is 6. The van der Waals surface area contributed by atoms with Gasteiger partial charge in [-0.15, -0.1) is 0 Å². The minimum Gasteiger partial charge on any atom is -0.490 e. The Morgan fingerprint density at radius 3 is 2.89 bits per heavy atom. The molecule has 2 N–H and O–H groups in total. The Kier molecular flexibility index (Phi) is 8.96. The fourth-order valence-corrected chi connectivity index (χ4v) is 2.61. The van der Waals surface area contributed by atoms with Gasteiger partial charge in [0.2, 0.25) is 0 Å². The van der Waals surface area contributed by atoms with Crippen LogP contribution in [0.2, 0.25) is 0 Å². The van der Waals surface area contributed by atoms with Gasteiger partial charge < -0.3 is 24.4 Å². The summed E-state index contributed by atoms with van der Waals surface area (Å²) < 4.78 is 16.7. The summed E-state index contributed by atoms with van der Waals surface area (Å²) >= 11 is 5.20. The van der Waals surface area contributed by atoms with E-state index in [1.807, 2.05) is 13.0 Å². The van der Waals surface area contributed by atoms with E-state index in [0.29, 0.717) is 29.8 Å². The second-order valence-corrected chi connectivity index (χ2v) is 6.84. The van der Waals surface area contributed by atoms with Crippen LogP contribution in [0.1, 0.15) is 25.3 Å². The van der Waals surface area contributed by atoms with Gasteiger partial charge in [-0.25, -0.2) is 0 Å². The summed E-state index contributed by atoms with van der Waals surface area (Å²) in [7, 11) is 3.36. The predicted octanol–water partition coefficient (Wildman–Crippen LogP) is 1.53. The van der Waals surface area contributed by atoms with E-state index < -0.39 is 0 Å². The smallest absolute Gasteiger partial charge is 0.259 e. The first-order valence-corrected chi connectivity index (χ1v) is 9.68. The SMILES string of the molecule is CCOc1cc(/C=N\NC(=S)NC[C@@H]2CCCO2)ccc1OCC(=O)N(C)C. The molecule has 1 aromatic carbocycles. The number of ether oxygens (including phenoxy) is 3. The largest absolute Gasteiger partial charge is 0.490 e. The molecule has 154 valence electrons. The van der Waals surface area contributed by atoms with E-state index in [1.54, 1.807) is 32.4 Å². The average Bonchev–Trinajstić information content (AvgIpc) is 3.19. The lowest BCUT2D eigenvalue weighted by molar-refractivity contribution is -0.130. The summed E-state index contributed by atoms with van der Waals surface area (Å²) in [5, 5.41) is 7.67. The highest BCUT2D eigenvalue weighted by Gasteiger charge is 2.15. The number of nitrogens with zero attached hydrogens (tertiary/aromatic N) is 2. The number of benzene rings is 1. The molecule has 1 amide bonds. The summed E-state index contributed by atoms with van der Waals surface area (Å²) in [6.07, 6.45) is 3.99. The summed E-state index contributed by atoms with van der Waals surface area (Å²) in [4.78, 5) is 13.2. The van der Waals surface area contributed by atoms with Crippen LogP contribution in [0.15, 0.2) is 23.3 Å². The van der Waals surface area contributed by atoms with Crippen molar-refractivity contribution < 1.29 is 19.0 Å². The van der Waals surface area contributed by atoms with Crippen molar-refractivity contribution in [1.82, 2.24) is 15.6 Å². The maximum atomic E-state index is 11.7. The van der Waals surface area contributed by atoms with Gasteiger partial charge in [0.05, 0.1) is 18.9 Å². The normalized spacial score (nSPS) is 16.0. The van der Waals surface area contributed by atoms with Gasteiger partial charge in [-0.1, -0.05) is 0 Å². The first kappa shape index (κ1) is 21.9. The molecule has 28 heavy (non-hydrogen) atoms. The summed E-state index contributed by atoms with van der Waals surface area (Å²) in [6, 6.07) is 5.38. The van der Waals surface area contributed by atoms with Crippen LogP contribution in [0.3, 0.4) is 0 Å². The summed E-state index contributed by atoms with van der Waals surface area (Å²) in [5.41, 5.74) is 3.60. The van der Waals surface area contributed by atoms with Crippen LogP contribution in [0, 0.1) is 0 Å². The van der Waals surface area contributed by atoms with Crippen molar-refractivity contribution in [3.63, 3.8) is 0 Å². The molecule has 1 heterocycles. The third-order valence-corrected chi connectivity index (χ3v) is 4.25. The van der Waals surface area contributed by atoms with Crippen molar-refractivity contribution in [3.8, 4) is 11.5 Å². The van der Waals surface area contributed by atoms with E-state index in [0.717, 1.165) is 25.0 Å². The zero-order chi connectivity index (χ0) is 20.4. The Labute approximate surface area is 171 Å². The quantitative estimate of drug-likeness (QED) is 0.364. The first-order chi connectivity index (χ1) is 13.5. The van der Waals surface area contributed by atoms with Crippen molar-refractivity contribution >= 4 is 29.5 Å². The Balaban J connectivity index is 1.87. The summed E-state index contributed by atoms with van der Waals surface area (Å²) in [6.45, 7) is 3.81. The number of carbonyl (C=O) groups is 1. The van der Waals surface area contributed by atoms with Crippen LogP contribution in [-0.2, 0) is 9.53 Å². The van der Waals surface area contributed by atoms with Crippen LogP contribution >= 0.6 is 12.2 Å². The lowest BCUT2D eigenvalue weighted by Gasteiger charge is -2.14. The number of thiocarbonyl (C=S) groups is 1. The maximum Gasteiger partial charge on any atom is 0.259 e.